The molecule has 0 saturated heterocycles. The normalized spacial score (nSPS) is 12.6. The summed E-state index contributed by atoms with van der Waals surface area (Å²) in [5.41, 5.74) is 7.34. The molecule has 4 aromatic rings. The molecule has 33 heavy (non-hydrogen) atoms. The number of para-hydroxylation sites is 2. The standard InChI is InChI=1S/C27H26N4O2/c1-18-7-2-3-9-20(18)17-31-24-11-5-4-10-23(24)29-27(31)30-25(32)12-6-8-19-13-14-22-21(15-19)16-26(33)28-22/h2-5,7,9-11,13-15H,6,8,12,16-17H2,1H3,(H,28,33)(H,29,30,32). The molecule has 0 fully saturated rings. The third kappa shape index (κ3) is 4.51. The second kappa shape index (κ2) is 8.90. The number of anilines is 2. The van der Waals surface area contributed by atoms with E-state index in [0.717, 1.165) is 40.7 Å². The number of carbonyl (C=O) groups excluding carboxylic acids is 2. The average molecular weight is 439 g/mol. The van der Waals surface area contributed by atoms with Crippen LogP contribution >= 0.6 is 0 Å². The lowest BCUT2D eigenvalue weighted by Crippen LogP contribution is -2.16. The molecular formula is C27H26N4O2. The van der Waals surface area contributed by atoms with Gasteiger partial charge in [0, 0.05) is 12.1 Å². The SMILES string of the molecule is Cc1ccccc1Cn1c(NC(=O)CCCc2ccc3c(c2)CC(=O)N3)nc2ccccc21. The van der Waals surface area contributed by atoms with E-state index in [-0.39, 0.29) is 11.8 Å². The van der Waals surface area contributed by atoms with Crippen LogP contribution < -0.4 is 10.6 Å². The average Bonchev–Trinajstić information content (AvgIpc) is 3.34. The van der Waals surface area contributed by atoms with Gasteiger partial charge in [-0.05, 0) is 60.2 Å². The molecular weight excluding hydrogens is 412 g/mol. The number of rotatable bonds is 7. The van der Waals surface area contributed by atoms with Crippen LogP contribution in [0.15, 0.2) is 66.7 Å². The number of hydrogen-bond acceptors (Lipinski definition) is 3. The number of nitrogens with zero attached hydrogens (tertiary/aromatic N) is 2. The number of aromatic nitrogens is 2. The highest BCUT2D eigenvalue weighted by Crippen LogP contribution is 2.25. The van der Waals surface area contributed by atoms with Crippen molar-refractivity contribution in [3.63, 3.8) is 0 Å². The maximum atomic E-state index is 12.8. The van der Waals surface area contributed by atoms with E-state index in [9.17, 15) is 9.59 Å². The molecule has 6 heteroatoms. The van der Waals surface area contributed by atoms with E-state index < -0.39 is 0 Å². The van der Waals surface area contributed by atoms with Gasteiger partial charge in [-0.1, -0.05) is 48.5 Å². The summed E-state index contributed by atoms with van der Waals surface area (Å²) in [4.78, 5) is 29.0. The van der Waals surface area contributed by atoms with Crippen molar-refractivity contribution in [1.29, 1.82) is 0 Å². The topological polar surface area (TPSA) is 76.0 Å². The van der Waals surface area contributed by atoms with E-state index >= 15 is 0 Å². The first kappa shape index (κ1) is 20.9. The Morgan fingerprint density at radius 1 is 1.09 bits per heavy atom. The van der Waals surface area contributed by atoms with Crippen molar-refractivity contribution in [2.24, 2.45) is 0 Å². The lowest BCUT2D eigenvalue weighted by molar-refractivity contribution is -0.116. The van der Waals surface area contributed by atoms with Crippen LogP contribution in [0, 0.1) is 6.92 Å². The number of hydrogen-bond donors (Lipinski definition) is 2. The fraction of sp³-hybridized carbons (Fsp3) is 0.222. The minimum absolute atomic E-state index is 0.0371. The maximum absolute atomic E-state index is 12.8. The number of imidazole rings is 1. The number of nitrogens with one attached hydrogen (secondary N) is 2. The molecule has 2 amide bonds. The van der Waals surface area contributed by atoms with Crippen molar-refractivity contribution in [2.75, 3.05) is 10.6 Å². The van der Waals surface area contributed by atoms with Crippen LogP contribution in [0.5, 0.6) is 0 Å². The number of fused-ring (bicyclic) bond motifs is 2. The summed E-state index contributed by atoms with van der Waals surface area (Å²) >= 11 is 0. The molecule has 6 nitrogen and oxygen atoms in total. The molecule has 0 radical (unpaired) electrons. The lowest BCUT2D eigenvalue weighted by Gasteiger charge is -2.12. The van der Waals surface area contributed by atoms with Gasteiger partial charge in [0.2, 0.25) is 17.8 Å². The van der Waals surface area contributed by atoms with Crippen LogP contribution in [0.4, 0.5) is 11.6 Å². The van der Waals surface area contributed by atoms with Crippen molar-refractivity contribution < 1.29 is 9.59 Å². The third-order valence-electron chi connectivity index (χ3n) is 6.16. The monoisotopic (exact) mass is 438 g/mol. The predicted octanol–water partition coefficient (Wildman–Crippen LogP) is 4.85. The summed E-state index contributed by atoms with van der Waals surface area (Å²) in [6.07, 6.45) is 2.35. The molecule has 0 saturated carbocycles. The Morgan fingerprint density at radius 3 is 2.79 bits per heavy atom. The Balaban J connectivity index is 1.27. The Morgan fingerprint density at radius 2 is 1.91 bits per heavy atom. The first-order valence-electron chi connectivity index (χ1n) is 11.3. The molecule has 1 aliphatic heterocycles. The summed E-state index contributed by atoms with van der Waals surface area (Å²) in [5, 5.41) is 5.88. The first-order valence-corrected chi connectivity index (χ1v) is 11.3. The van der Waals surface area contributed by atoms with Gasteiger partial charge in [0.05, 0.1) is 24.0 Å². The Kier molecular flexibility index (Phi) is 5.65. The van der Waals surface area contributed by atoms with Gasteiger partial charge in [-0.15, -0.1) is 0 Å². The molecule has 5 rings (SSSR count). The molecule has 1 aliphatic rings. The third-order valence-corrected chi connectivity index (χ3v) is 6.16. The number of carbonyl (C=O) groups is 2. The van der Waals surface area contributed by atoms with Crippen LogP contribution in [0.1, 0.15) is 35.1 Å². The van der Waals surface area contributed by atoms with Gasteiger partial charge >= 0.3 is 0 Å². The molecule has 3 aromatic carbocycles. The van der Waals surface area contributed by atoms with Gasteiger partial charge < -0.3 is 9.88 Å². The van der Waals surface area contributed by atoms with Crippen molar-refractivity contribution in [1.82, 2.24) is 9.55 Å². The summed E-state index contributed by atoms with van der Waals surface area (Å²) in [5.74, 6) is 0.566. The van der Waals surface area contributed by atoms with E-state index in [2.05, 4.69) is 45.3 Å². The first-order chi connectivity index (χ1) is 16.1. The lowest BCUT2D eigenvalue weighted by atomic mass is 10.0. The zero-order chi connectivity index (χ0) is 22.8. The van der Waals surface area contributed by atoms with Crippen molar-refractivity contribution in [3.05, 3.63) is 89.0 Å². The zero-order valence-corrected chi connectivity index (χ0v) is 18.6. The number of benzene rings is 3. The van der Waals surface area contributed by atoms with Gasteiger partial charge in [0.25, 0.3) is 0 Å². The molecule has 0 atom stereocenters. The zero-order valence-electron chi connectivity index (χ0n) is 18.6. The Labute approximate surface area is 192 Å². The largest absolute Gasteiger partial charge is 0.326 e. The molecule has 0 bridgehead atoms. The fourth-order valence-electron chi connectivity index (χ4n) is 4.37. The molecule has 166 valence electrons. The highest BCUT2D eigenvalue weighted by atomic mass is 16.2. The summed E-state index contributed by atoms with van der Waals surface area (Å²) in [6, 6.07) is 22.2. The highest BCUT2D eigenvalue weighted by Gasteiger charge is 2.18. The van der Waals surface area contributed by atoms with Crippen LogP contribution in [-0.2, 0) is 29.0 Å². The van der Waals surface area contributed by atoms with E-state index in [1.165, 1.54) is 11.1 Å². The molecule has 2 heterocycles. The molecule has 0 unspecified atom stereocenters. The highest BCUT2D eigenvalue weighted by molar-refractivity contribution is 5.99. The quantitative estimate of drug-likeness (QED) is 0.433. The molecule has 1 aromatic heterocycles. The smallest absolute Gasteiger partial charge is 0.228 e. The van der Waals surface area contributed by atoms with Crippen molar-refractivity contribution in [2.45, 2.75) is 39.2 Å². The van der Waals surface area contributed by atoms with Gasteiger partial charge in [0.1, 0.15) is 0 Å². The Hall–Kier alpha value is -3.93. The molecule has 2 N–H and O–H groups in total. The van der Waals surface area contributed by atoms with E-state index in [1.807, 2.05) is 48.5 Å². The van der Waals surface area contributed by atoms with Gasteiger partial charge in [-0.25, -0.2) is 4.98 Å². The second-order valence-corrected chi connectivity index (χ2v) is 8.55. The summed E-state index contributed by atoms with van der Waals surface area (Å²) in [6.45, 7) is 2.74. The van der Waals surface area contributed by atoms with Crippen LogP contribution in [0.25, 0.3) is 11.0 Å². The maximum Gasteiger partial charge on any atom is 0.228 e. The number of aryl methyl sites for hydroxylation is 2. The minimum atomic E-state index is -0.0469. The van der Waals surface area contributed by atoms with Crippen LogP contribution in [0.3, 0.4) is 0 Å². The van der Waals surface area contributed by atoms with Gasteiger partial charge in [-0.3, -0.25) is 14.9 Å². The van der Waals surface area contributed by atoms with E-state index in [1.54, 1.807) is 0 Å². The fourth-order valence-corrected chi connectivity index (χ4v) is 4.37. The summed E-state index contributed by atoms with van der Waals surface area (Å²) < 4.78 is 2.07. The summed E-state index contributed by atoms with van der Waals surface area (Å²) in [7, 11) is 0. The van der Waals surface area contributed by atoms with Crippen LogP contribution in [0.2, 0.25) is 0 Å². The van der Waals surface area contributed by atoms with E-state index in [4.69, 9.17) is 0 Å². The van der Waals surface area contributed by atoms with Crippen LogP contribution in [-0.4, -0.2) is 21.4 Å². The second-order valence-electron chi connectivity index (χ2n) is 8.55. The van der Waals surface area contributed by atoms with Gasteiger partial charge in [0.15, 0.2) is 0 Å². The van der Waals surface area contributed by atoms with Gasteiger partial charge in [-0.2, -0.15) is 0 Å². The molecule has 0 spiro atoms. The minimum Gasteiger partial charge on any atom is -0.326 e. The van der Waals surface area contributed by atoms with Crippen molar-refractivity contribution in [3.8, 4) is 0 Å². The Bertz CT molecular complexity index is 1360. The predicted molar refractivity (Wildman–Crippen MR) is 130 cm³/mol. The number of amides is 2. The van der Waals surface area contributed by atoms with Crippen molar-refractivity contribution >= 4 is 34.5 Å². The molecule has 0 aliphatic carbocycles. The van der Waals surface area contributed by atoms with E-state index in [0.29, 0.717) is 25.3 Å².